The molecule has 2 aromatic rings. The first-order chi connectivity index (χ1) is 11.4. The molecule has 1 N–H and O–H groups in total. The Hall–Kier alpha value is -2.70. The van der Waals surface area contributed by atoms with Crippen molar-refractivity contribution < 1.29 is 14.7 Å². The summed E-state index contributed by atoms with van der Waals surface area (Å²) in [5.74, 6) is -1.04. The van der Waals surface area contributed by atoms with Crippen LogP contribution < -0.4 is 5.56 Å². The van der Waals surface area contributed by atoms with Crippen LogP contribution in [0.3, 0.4) is 0 Å². The standard InChI is InChI=1S/C17H21N3O4/c1-12(2)9-19(8-7-16(22)23)15(21)10-20-11-18-14-6-4-3-5-13(14)17(20)24/h3-6,11-12H,7-10H2,1-2H3,(H,22,23). The Morgan fingerprint density at radius 1 is 1.29 bits per heavy atom. The van der Waals surface area contributed by atoms with Crippen molar-refractivity contribution in [1.29, 1.82) is 0 Å². The third-order valence-electron chi connectivity index (χ3n) is 3.57. The number of benzene rings is 1. The van der Waals surface area contributed by atoms with Gasteiger partial charge in [0.05, 0.1) is 23.7 Å². The van der Waals surface area contributed by atoms with E-state index in [4.69, 9.17) is 5.11 Å². The number of hydrogen-bond donors (Lipinski definition) is 1. The highest BCUT2D eigenvalue weighted by molar-refractivity contribution is 5.79. The van der Waals surface area contributed by atoms with Gasteiger partial charge in [0.2, 0.25) is 5.91 Å². The molecule has 0 radical (unpaired) electrons. The summed E-state index contributed by atoms with van der Waals surface area (Å²) in [6.07, 6.45) is 1.23. The zero-order valence-corrected chi connectivity index (χ0v) is 13.8. The van der Waals surface area contributed by atoms with Crippen molar-refractivity contribution in [3.63, 3.8) is 0 Å². The van der Waals surface area contributed by atoms with Gasteiger partial charge in [0, 0.05) is 13.1 Å². The molecule has 1 aromatic carbocycles. The highest BCUT2D eigenvalue weighted by Crippen LogP contribution is 2.06. The molecule has 1 amide bonds. The maximum Gasteiger partial charge on any atom is 0.305 e. The zero-order chi connectivity index (χ0) is 17.7. The van der Waals surface area contributed by atoms with Gasteiger partial charge >= 0.3 is 5.97 Å². The van der Waals surface area contributed by atoms with Crippen LogP contribution in [0.15, 0.2) is 35.4 Å². The number of aliphatic carboxylic acids is 1. The van der Waals surface area contributed by atoms with Gasteiger partial charge in [-0.15, -0.1) is 0 Å². The molecule has 0 unspecified atom stereocenters. The van der Waals surface area contributed by atoms with Gasteiger partial charge in [0.25, 0.3) is 5.56 Å². The van der Waals surface area contributed by atoms with Crippen molar-refractivity contribution in [2.45, 2.75) is 26.8 Å². The lowest BCUT2D eigenvalue weighted by Crippen LogP contribution is -2.39. The van der Waals surface area contributed by atoms with Gasteiger partial charge in [-0.25, -0.2) is 4.98 Å². The second-order valence-electron chi connectivity index (χ2n) is 6.07. The molecular formula is C17H21N3O4. The third-order valence-corrected chi connectivity index (χ3v) is 3.57. The van der Waals surface area contributed by atoms with Crippen LogP contribution in [0.2, 0.25) is 0 Å². The number of para-hydroxylation sites is 1. The van der Waals surface area contributed by atoms with Gasteiger partial charge < -0.3 is 10.0 Å². The van der Waals surface area contributed by atoms with Gasteiger partial charge in [-0.05, 0) is 18.1 Å². The average Bonchev–Trinajstić information content (AvgIpc) is 2.53. The predicted molar refractivity (Wildman–Crippen MR) is 89.7 cm³/mol. The van der Waals surface area contributed by atoms with Crippen LogP contribution in [0.4, 0.5) is 0 Å². The summed E-state index contributed by atoms with van der Waals surface area (Å²) >= 11 is 0. The highest BCUT2D eigenvalue weighted by atomic mass is 16.4. The van der Waals surface area contributed by atoms with Crippen LogP contribution in [-0.2, 0) is 16.1 Å². The van der Waals surface area contributed by atoms with Crippen molar-refractivity contribution in [3.05, 3.63) is 40.9 Å². The van der Waals surface area contributed by atoms with Gasteiger partial charge in [0.15, 0.2) is 0 Å². The first-order valence-corrected chi connectivity index (χ1v) is 7.82. The van der Waals surface area contributed by atoms with E-state index in [0.29, 0.717) is 17.4 Å². The van der Waals surface area contributed by atoms with Gasteiger partial charge in [0.1, 0.15) is 6.54 Å². The summed E-state index contributed by atoms with van der Waals surface area (Å²) in [5.41, 5.74) is 0.299. The maximum atomic E-state index is 12.5. The smallest absolute Gasteiger partial charge is 0.305 e. The number of carbonyl (C=O) groups is 2. The van der Waals surface area contributed by atoms with Crippen LogP contribution >= 0.6 is 0 Å². The molecule has 1 heterocycles. The number of rotatable bonds is 7. The Bertz CT molecular complexity index is 798. The number of carboxylic acid groups (broad SMARTS) is 1. The molecule has 0 aliphatic carbocycles. The molecule has 1 aromatic heterocycles. The molecule has 0 bridgehead atoms. The molecule has 7 nitrogen and oxygen atoms in total. The number of fused-ring (bicyclic) bond motifs is 1. The minimum Gasteiger partial charge on any atom is -0.481 e. The molecular weight excluding hydrogens is 310 g/mol. The number of aromatic nitrogens is 2. The number of nitrogens with zero attached hydrogens (tertiary/aromatic N) is 3. The summed E-state index contributed by atoms with van der Waals surface area (Å²) < 4.78 is 1.26. The number of carboxylic acids is 1. The Morgan fingerprint density at radius 3 is 2.67 bits per heavy atom. The van der Waals surface area contributed by atoms with Crippen LogP contribution in [0.25, 0.3) is 10.9 Å². The van der Waals surface area contributed by atoms with Gasteiger partial charge in [-0.3, -0.25) is 19.0 Å². The van der Waals surface area contributed by atoms with E-state index in [0.717, 1.165) is 0 Å². The lowest BCUT2D eigenvalue weighted by Gasteiger charge is -2.24. The summed E-state index contributed by atoms with van der Waals surface area (Å²) in [6.45, 7) is 4.32. The third kappa shape index (κ3) is 4.41. The monoisotopic (exact) mass is 331 g/mol. The minimum atomic E-state index is -0.957. The van der Waals surface area contributed by atoms with Crippen molar-refractivity contribution in [2.75, 3.05) is 13.1 Å². The summed E-state index contributed by atoms with van der Waals surface area (Å²) in [4.78, 5) is 41.4. The Kier molecular flexibility index (Phi) is 5.68. The fourth-order valence-corrected chi connectivity index (χ4v) is 2.45. The lowest BCUT2D eigenvalue weighted by molar-refractivity contribution is -0.138. The molecule has 0 atom stereocenters. The molecule has 2 rings (SSSR count). The van der Waals surface area contributed by atoms with Crippen LogP contribution in [-0.4, -0.2) is 44.5 Å². The number of hydrogen-bond acceptors (Lipinski definition) is 4. The van der Waals surface area contributed by atoms with Crippen molar-refractivity contribution in [3.8, 4) is 0 Å². The highest BCUT2D eigenvalue weighted by Gasteiger charge is 2.17. The minimum absolute atomic E-state index is 0.122. The van der Waals surface area contributed by atoms with E-state index in [9.17, 15) is 14.4 Å². The zero-order valence-electron chi connectivity index (χ0n) is 13.8. The van der Waals surface area contributed by atoms with Gasteiger partial charge in [-0.1, -0.05) is 26.0 Å². The molecule has 24 heavy (non-hydrogen) atoms. The molecule has 0 saturated carbocycles. The summed E-state index contributed by atoms with van der Waals surface area (Å²) in [7, 11) is 0. The fraction of sp³-hybridized carbons (Fsp3) is 0.412. The van der Waals surface area contributed by atoms with Crippen molar-refractivity contribution in [1.82, 2.24) is 14.5 Å². The summed E-state index contributed by atoms with van der Waals surface area (Å²) in [5, 5.41) is 9.28. The second-order valence-corrected chi connectivity index (χ2v) is 6.07. The van der Waals surface area contributed by atoms with E-state index in [-0.39, 0.29) is 36.9 Å². The molecule has 0 aliphatic heterocycles. The SMILES string of the molecule is CC(C)CN(CCC(=O)O)C(=O)Cn1cnc2ccccc2c1=O. The first-order valence-electron chi connectivity index (χ1n) is 7.82. The molecule has 7 heteroatoms. The van der Waals surface area contributed by atoms with E-state index < -0.39 is 5.97 Å². The van der Waals surface area contributed by atoms with E-state index in [1.54, 1.807) is 24.3 Å². The summed E-state index contributed by atoms with van der Waals surface area (Å²) in [6, 6.07) is 6.94. The normalized spacial score (nSPS) is 11.0. The van der Waals surface area contributed by atoms with Crippen LogP contribution in [0.5, 0.6) is 0 Å². The number of amides is 1. The van der Waals surface area contributed by atoms with E-state index in [2.05, 4.69) is 4.98 Å². The lowest BCUT2D eigenvalue weighted by atomic mass is 10.2. The molecule has 0 saturated heterocycles. The quantitative estimate of drug-likeness (QED) is 0.827. The van der Waals surface area contributed by atoms with E-state index in [1.807, 2.05) is 13.8 Å². The molecule has 0 aliphatic rings. The molecule has 0 fully saturated rings. The van der Waals surface area contributed by atoms with E-state index in [1.165, 1.54) is 15.8 Å². The number of carbonyl (C=O) groups excluding carboxylic acids is 1. The molecule has 0 spiro atoms. The van der Waals surface area contributed by atoms with Crippen LogP contribution in [0.1, 0.15) is 20.3 Å². The first kappa shape index (κ1) is 17.7. The topological polar surface area (TPSA) is 92.5 Å². The Balaban J connectivity index is 2.20. The Labute approximate surface area is 139 Å². The van der Waals surface area contributed by atoms with Gasteiger partial charge in [-0.2, -0.15) is 0 Å². The largest absolute Gasteiger partial charge is 0.481 e. The maximum absolute atomic E-state index is 12.5. The fourth-order valence-electron chi connectivity index (χ4n) is 2.45. The molecule has 128 valence electrons. The van der Waals surface area contributed by atoms with Crippen LogP contribution in [0, 0.1) is 5.92 Å². The average molecular weight is 331 g/mol. The van der Waals surface area contributed by atoms with Crippen molar-refractivity contribution in [2.24, 2.45) is 5.92 Å². The second kappa shape index (κ2) is 7.72. The van der Waals surface area contributed by atoms with Crippen molar-refractivity contribution >= 4 is 22.8 Å². The Morgan fingerprint density at radius 2 is 2.00 bits per heavy atom. The predicted octanol–water partition coefficient (Wildman–Crippen LogP) is 1.36. The van der Waals surface area contributed by atoms with E-state index >= 15 is 0 Å².